The van der Waals surface area contributed by atoms with Gasteiger partial charge in [0.05, 0.1) is 12.7 Å². The summed E-state index contributed by atoms with van der Waals surface area (Å²) in [4.78, 5) is 0. The van der Waals surface area contributed by atoms with Gasteiger partial charge in [-0.2, -0.15) is 0 Å². The minimum Gasteiger partial charge on any atom is -0.490 e. The quantitative estimate of drug-likeness (QED) is 0.705. The fourth-order valence-corrected chi connectivity index (χ4v) is 2.61. The van der Waals surface area contributed by atoms with Crippen molar-refractivity contribution in [2.24, 2.45) is 0 Å². The van der Waals surface area contributed by atoms with Gasteiger partial charge in [0.15, 0.2) is 11.6 Å². The molecule has 0 saturated carbocycles. The van der Waals surface area contributed by atoms with Crippen molar-refractivity contribution in [3.05, 3.63) is 29.6 Å². The zero-order valence-electron chi connectivity index (χ0n) is 12.9. The second-order valence-electron chi connectivity index (χ2n) is 5.53. The van der Waals surface area contributed by atoms with Crippen molar-refractivity contribution >= 4 is 0 Å². The molecule has 0 aromatic heterocycles. The molecule has 0 bridgehead atoms. The number of para-hydroxylation sites is 1. The number of halogens is 1. The van der Waals surface area contributed by atoms with E-state index in [1.54, 1.807) is 6.07 Å². The van der Waals surface area contributed by atoms with Crippen LogP contribution in [0.5, 0.6) is 5.75 Å². The van der Waals surface area contributed by atoms with Gasteiger partial charge in [0, 0.05) is 18.7 Å². The maximum Gasteiger partial charge on any atom is 0.165 e. The molecule has 0 spiro atoms. The maximum atomic E-state index is 13.9. The Kier molecular flexibility index (Phi) is 6.96. The van der Waals surface area contributed by atoms with Crippen LogP contribution in [0.25, 0.3) is 0 Å². The topological polar surface area (TPSA) is 30.5 Å². The highest BCUT2D eigenvalue weighted by molar-refractivity contribution is 5.34. The molecule has 4 heteroatoms. The Bertz CT molecular complexity index is 419. The van der Waals surface area contributed by atoms with Crippen LogP contribution in [-0.4, -0.2) is 25.9 Å². The lowest BCUT2D eigenvalue weighted by atomic mass is 10.1. The standard InChI is InChI=1S/C17H26FNO2/c1-2-10-19-13-14-6-3-9-16(18)17(14)21-12-5-8-15-7-4-11-20-15/h3,6,9,15,19H,2,4-5,7-8,10-13H2,1H3. The van der Waals surface area contributed by atoms with E-state index in [9.17, 15) is 4.39 Å². The molecule has 1 aromatic rings. The summed E-state index contributed by atoms with van der Waals surface area (Å²) >= 11 is 0. The summed E-state index contributed by atoms with van der Waals surface area (Å²) in [6.07, 6.45) is 5.64. The molecule has 1 aliphatic rings. The van der Waals surface area contributed by atoms with Crippen molar-refractivity contribution in [2.45, 2.75) is 51.7 Å². The maximum absolute atomic E-state index is 13.9. The predicted molar refractivity (Wildman–Crippen MR) is 82.1 cm³/mol. The predicted octanol–water partition coefficient (Wildman–Crippen LogP) is 3.66. The molecular weight excluding hydrogens is 269 g/mol. The average Bonchev–Trinajstić information content (AvgIpc) is 2.99. The first kappa shape index (κ1) is 16.2. The molecule has 0 amide bonds. The summed E-state index contributed by atoms with van der Waals surface area (Å²) in [5.74, 6) is 0.122. The zero-order chi connectivity index (χ0) is 14.9. The minimum atomic E-state index is -0.275. The Morgan fingerprint density at radius 3 is 3.10 bits per heavy atom. The van der Waals surface area contributed by atoms with E-state index in [1.807, 2.05) is 6.07 Å². The lowest BCUT2D eigenvalue weighted by Crippen LogP contribution is -2.15. The number of nitrogens with one attached hydrogen (secondary N) is 1. The number of hydrogen-bond acceptors (Lipinski definition) is 3. The third-order valence-corrected chi connectivity index (χ3v) is 3.73. The van der Waals surface area contributed by atoms with Crippen LogP contribution in [0.4, 0.5) is 4.39 Å². The summed E-state index contributed by atoms with van der Waals surface area (Å²) in [6, 6.07) is 5.11. The molecule has 1 saturated heterocycles. The largest absolute Gasteiger partial charge is 0.490 e. The van der Waals surface area contributed by atoms with Gasteiger partial charge in [0.25, 0.3) is 0 Å². The van der Waals surface area contributed by atoms with E-state index in [1.165, 1.54) is 6.07 Å². The molecular formula is C17H26FNO2. The number of hydrogen-bond donors (Lipinski definition) is 1. The Morgan fingerprint density at radius 2 is 2.33 bits per heavy atom. The van der Waals surface area contributed by atoms with Gasteiger partial charge >= 0.3 is 0 Å². The summed E-state index contributed by atoms with van der Waals surface area (Å²) in [6.45, 7) is 5.11. The molecule has 1 N–H and O–H groups in total. The van der Waals surface area contributed by atoms with E-state index in [0.29, 0.717) is 25.0 Å². The van der Waals surface area contributed by atoms with Crippen molar-refractivity contribution in [3.8, 4) is 5.75 Å². The molecule has 1 aromatic carbocycles. The molecule has 1 atom stereocenters. The van der Waals surface area contributed by atoms with E-state index in [0.717, 1.165) is 50.8 Å². The average molecular weight is 295 g/mol. The minimum absolute atomic E-state index is 0.275. The molecule has 0 aliphatic carbocycles. The summed E-state index contributed by atoms with van der Waals surface area (Å²) < 4.78 is 25.2. The van der Waals surface area contributed by atoms with Crippen LogP contribution in [0.1, 0.15) is 44.6 Å². The molecule has 118 valence electrons. The monoisotopic (exact) mass is 295 g/mol. The lowest BCUT2D eigenvalue weighted by Gasteiger charge is -2.14. The first-order valence-electron chi connectivity index (χ1n) is 8.03. The van der Waals surface area contributed by atoms with Gasteiger partial charge in [-0.3, -0.25) is 0 Å². The highest BCUT2D eigenvalue weighted by Gasteiger charge is 2.15. The van der Waals surface area contributed by atoms with Crippen molar-refractivity contribution in [1.82, 2.24) is 5.32 Å². The van der Waals surface area contributed by atoms with Crippen LogP contribution in [0.15, 0.2) is 18.2 Å². The molecule has 1 unspecified atom stereocenters. The zero-order valence-corrected chi connectivity index (χ0v) is 12.9. The van der Waals surface area contributed by atoms with Gasteiger partial charge in [0.1, 0.15) is 0 Å². The first-order valence-corrected chi connectivity index (χ1v) is 8.03. The van der Waals surface area contributed by atoms with Crippen LogP contribution in [0.3, 0.4) is 0 Å². The van der Waals surface area contributed by atoms with Crippen LogP contribution >= 0.6 is 0 Å². The van der Waals surface area contributed by atoms with E-state index >= 15 is 0 Å². The van der Waals surface area contributed by atoms with Gasteiger partial charge < -0.3 is 14.8 Å². The fraction of sp³-hybridized carbons (Fsp3) is 0.647. The molecule has 1 aliphatic heterocycles. The van der Waals surface area contributed by atoms with E-state index in [-0.39, 0.29) is 5.82 Å². The van der Waals surface area contributed by atoms with Crippen molar-refractivity contribution in [1.29, 1.82) is 0 Å². The second-order valence-corrected chi connectivity index (χ2v) is 5.53. The van der Waals surface area contributed by atoms with Gasteiger partial charge in [-0.05, 0) is 44.7 Å². The van der Waals surface area contributed by atoms with E-state index in [4.69, 9.17) is 9.47 Å². The SMILES string of the molecule is CCCNCc1cccc(F)c1OCCCC1CCCO1. The smallest absolute Gasteiger partial charge is 0.165 e. The van der Waals surface area contributed by atoms with E-state index in [2.05, 4.69) is 12.2 Å². The number of rotatable bonds is 9. The van der Waals surface area contributed by atoms with Crippen LogP contribution < -0.4 is 10.1 Å². The number of benzene rings is 1. The van der Waals surface area contributed by atoms with Crippen molar-refractivity contribution in [2.75, 3.05) is 19.8 Å². The highest BCUT2D eigenvalue weighted by Crippen LogP contribution is 2.23. The van der Waals surface area contributed by atoms with Gasteiger partial charge in [-0.15, -0.1) is 0 Å². The van der Waals surface area contributed by atoms with Gasteiger partial charge in [0.2, 0.25) is 0 Å². The molecule has 2 rings (SSSR count). The molecule has 1 fully saturated rings. The van der Waals surface area contributed by atoms with Crippen molar-refractivity contribution in [3.63, 3.8) is 0 Å². The molecule has 21 heavy (non-hydrogen) atoms. The first-order chi connectivity index (χ1) is 10.3. The molecule has 3 nitrogen and oxygen atoms in total. The van der Waals surface area contributed by atoms with E-state index < -0.39 is 0 Å². The third kappa shape index (κ3) is 5.29. The fourth-order valence-electron chi connectivity index (χ4n) is 2.61. The van der Waals surface area contributed by atoms with Crippen molar-refractivity contribution < 1.29 is 13.9 Å². The Hall–Kier alpha value is -1.13. The van der Waals surface area contributed by atoms with Crippen LogP contribution in [-0.2, 0) is 11.3 Å². The highest BCUT2D eigenvalue weighted by atomic mass is 19.1. The Balaban J connectivity index is 1.79. The second kappa shape index (κ2) is 9.00. The van der Waals surface area contributed by atoms with Gasteiger partial charge in [-0.25, -0.2) is 4.39 Å². The van der Waals surface area contributed by atoms with Crippen LogP contribution in [0, 0.1) is 5.82 Å². The molecule has 0 radical (unpaired) electrons. The number of ether oxygens (including phenoxy) is 2. The van der Waals surface area contributed by atoms with Gasteiger partial charge in [-0.1, -0.05) is 19.1 Å². The van der Waals surface area contributed by atoms with Crippen LogP contribution in [0.2, 0.25) is 0 Å². The normalized spacial score (nSPS) is 18.1. The Labute approximate surface area is 126 Å². The molecule has 1 heterocycles. The summed E-state index contributed by atoms with van der Waals surface area (Å²) in [5, 5.41) is 3.29. The lowest BCUT2D eigenvalue weighted by molar-refractivity contribution is 0.0978. The summed E-state index contributed by atoms with van der Waals surface area (Å²) in [5.41, 5.74) is 0.889. The Morgan fingerprint density at radius 1 is 1.43 bits per heavy atom. The third-order valence-electron chi connectivity index (χ3n) is 3.73. The summed E-state index contributed by atoms with van der Waals surface area (Å²) in [7, 11) is 0.